The normalized spacial score (nSPS) is 16.2. The zero-order valence-electron chi connectivity index (χ0n) is 24.0. The maximum atomic E-state index is 12.0. The van der Waals surface area contributed by atoms with Gasteiger partial charge in [0.25, 0.3) is 5.91 Å². The highest BCUT2D eigenvalue weighted by molar-refractivity contribution is 8.05. The van der Waals surface area contributed by atoms with E-state index in [0.29, 0.717) is 16.0 Å². The number of carbonyl (C=O) groups is 1. The summed E-state index contributed by atoms with van der Waals surface area (Å²) in [5.74, 6) is 2.82. The fourth-order valence-corrected chi connectivity index (χ4v) is 5.89. The van der Waals surface area contributed by atoms with Crippen LogP contribution in [0.2, 0.25) is 0 Å². The SMILES string of the molecule is C=C/C=C(/Cl)SC/C(C)=N/N(C(=C)C1=NC=C=CC=C1)C1CCSC1.CCc1cccc(C(=O)Nc2ccncc2)c1. The number of aromatic nitrogens is 1. The number of halogens is 1. The molecule has 1 saturated heterocycles. The lowest BCUT2D eigenvalue weighted by Crippen LogP contribution is -2.33. The van der Waals surface area contributed by atoms with E-state index in [1.54, 1.807) is 54.6 Å². The zero-order chi connectivity index (χ0) is 30.2. The number of benzene rings is 1. The summed E-state index contributed by atoms with van der Waals surface area (Å²) in [4.78, 5) is 20.3. The van der Waals surface area contributed by atoms with Gasteiger partial charge >= 0.3 is 0 Å². The number of aryl methyl sites for hydroxylation is 1. The van der Waals surface area contributed by atoms with Crippen molar-refractivity contribution in [3.8, 4) is 0 Å². The number of thioether (sulfide) groups is 2. The van der Waals surface area contributed by atoms with Crippen molar-refractivity contribution in [2.75, 3.05) is 22.6 Å². The number of carbonyl (C=O) groups excluding carboxylic acids is 1. The molecule has 9 heteroatoms. The van der Waals surface area contributed by atoms with Gasteiger partial charge in [-0.25, -0.2) is 4.99 Å². The number of aliphatic imine (C=N–C) groups is 1. The molecule has 1 atom stereocenters. The van der Waals surface area contributed by atoms with E-state index >= 15 is 0 Å². The number of nitrogens with zero attached hydrogens (tertiary/aromatic N) is 4. The molecule has 2 aliphatic heterocycles. The summed E-state index contributed by atoms with van der Waals surface area (Å²) in [7, 11) is 0. The van der Waals surface area contributed by atoms with Gasteiger partial charge in [-0.2, -0.15) is 16.9 Å². The average molecular weight is 618 g/mol. The molecule has 0 saturated carbocycles. The van der Waals surface area contributed by atoms with E-state index < -0.39 is 0 Å². The van der Waals surface area contributed by atoms with Gasteiger partial charge in [-0.15, -0.1) is 17.5 Å². The molecule has 4 rings (SSSR count). The van der Waals surface area contributed by atoms with Gasteiger partial charge in [0.2, 0.25) is 0 Å². The Morgan fingerprint density at radius 1 is 1.33 bits per heavy atom. The second kappa shape index (κ2) is 18.1. The third-order valence-corrected chi connectivity index (χ3v) is 8.60. The van der Waals surface area contributed by atoms with Crippen molar-refractivity contribution in [2.24, 2.45) is 10.1 Å². The van der Waals surface area contributed by atoms with E-state index in [4.69, 9.17) is 16.7 Å². The Kier molecular flexibility index (Phi) is 14.2. The highest BCUT2D eigenvalue weighted by Crippen LogP contribution is 2.27. The summed E-state index contributed by atoms with van der Waals surface area (Å²) >= 11 is 9.60. The minimum Gasteiger partial charge on any atom is -0.322 e. The number of allylic oxidation sites excluding steroid dienone is 5. The first-order valence-corrected chi connectivity index (χ1v) is 16.1. The Morgan fingerprint density at radius 2 is 2.14 bits per heavy atom. The lowest BCUT2D eigenvalue weighted by atomic mass is 10.1. The molecule has 0 bridgehead atoms. The number of amides is 1. The standard InChI is InChI=1S/C19H22ClN3S2.C14H14N2O/c1-4-8-19(20)25-13-15(2)22-23(17-10-12-24-14-17)16(3)18-9-6-5-7-11-21-18;1-2-11-4-3-5-12(10-11)14(17)16-13-6-8-15-9-7-13/h4-6,8-9,11,17H,1,3,10,12-14H2,2H3;3-10H,2H2,1H3,(H,15,16,17)/b19-8-,22-15+;. The van der Waals surface area contributed by atoms with E-state index in [1.165, 1.54) is 0 Å². The first-order chi connectivity index (χ1) is 20.4. The Morgan fingerprint density at radius 3 is 2.86 bits per heavy atom. The summed E-state index contributed by atoms with van der Waals surface area (Å²) in [6.45, 7) is 12.0. The topological polar surface area (TPSA) is 70.0 Å². The maximum Gasteiger partial charge on any atom is 0.255 e. The highest BCUT2D eigenvalue weighted by atomic mass is 35.5. The van der Waals surface area contributed by atoms with Gasteiger partial charge in [0.15, 0.2) is 0 Å². The molecule has 1 fully saturated rings. The maximum absolute atomic E-state index is 12.0. The van der Waals surface area contributed by atoms with Gasteiger partial charge in [-0.1, -0.05) is 56.0 Å². The first-order valence-electron chi connectivity index (χ1n) is 13.6. The van der Waals surface area contributed by atoms with Crippen LogP contribution in [0.1, 0.15) is 36.2 Å². The Bertz CT molecular complexity index is 1420. The van der Waals surface area contributed by atoms with Gasteiger partial charge in [-0.3, -0.25) is 14.8 Å². The quantitative estimate of drug-likeness (QED) is 0.119. The van der Waals surface area contributed by atoms with Crippen LogP contribution in [0, 0.1) is 0 Å². The van der Waals surface area contributed by atoms with E-state index in [9.17, 15) is 4.79 Å². The summed E-state index contributed by atoms with van der Waals surface area (Å²) in [6.07, 6.45) is 16.1. The molecule has 2 aliphatic rings. The van der Waals surface area contributed by atoms with Gasteiger partial charge in [0.05, 0.1) is 28.0 Å². The molecule has 6 nitrogen and oxygen atoms in total. The molecule has 0 spiro atoms. The predicted octanol–water partition coefficient (Wildman–Crippen LogP) is 8.26. The van der Waals surface area contributed by atoms with E-state index in [1.807, 2.05) is 66.2 Å². The van der Waals surface area contributed by atoms with Crippen LogP contribution >= 0.6 is 35.1 Å². The summed E-state index contributed by atoms with van der Waals surface area (Å²) in [5.41, 5.74) is 8.18. The Balaban J connectivity index is 0.000000247. The lowest BCUT2D eigenvalue weighted by molar-refractivity contribution is 0.102. The van der Waals surface area contributed by atoms with E-state index in [-0.39, 0.29) is 5.91 Å². The highest BCUT2D eigenvalue weighted by Gasteiger charge is 2.26. The summed E-state index contributed by atoms with van der Waals surface area (Å²) in [5, 5.41) is 9.70. The van der Waals surface area contributed by atoms with Crippen molar-refractivity contribution >= 4 is 58.1 Å². The number of hydrazone groups is 1. The number of pyridine rings is 1. The van der Waals surface area contributed by atoms with Crippen LogP contribution in [0.3, 0.4) is 0 Å². The Hall–Kier alpha value is -3.55. The van der Waals surface area contributed by atoms with Crippen LogP contribution < -0.4 is 5.32 Å². The fourth-order valence-electron chi connectivity index (χ4n) is 3.85. The molecule has 0 radical (unpaired) electrons. The van der Waals surface area contributed by atoms with Gasteiger partial charge in [0.1, 0.15) is 0 Å². The van der Waals surface area contributed by atoms with Gasteiger partial charge in [-0.05, 0) is 73.6 Å². The molecule has 218 valence electrons. The molecule has 2 aromatic rings. The number of nitrogens with one attached hydrogen (secondary N) is 1. The van der Waals surface area contributed by atoms with Crippen molar-refractivity contribution < 1.29 is 4.79 Å². The summed E-state index contributed by atoms with van der Waals surface area (Å²) in [6, 6.07) is 11.5. The van der Waals surface area contributed by atoms with Crippen LogP contribution in [0.5, 0.6) is 0 Å². The number of anilines is 1. The van der Waals surface area contributed by atoms with Crippen molar-refractivity contribution in [3.63, 3.8) is 0 Å². The molecular formula is C33H36ClN5OS2. The fraction of sp³-hybridized carbons (Fsp3) is 0.242. The van der Waals surface area contributed by atoms with Crippen molar-refractivity contribution in [1.29, 1.82) is 0 Å². The molecule has 1 N–H and O–H groups in total. The molecule has 42 heavy (non-hydrogen) atoms. The average Bonchev–Trinajstić information content (AvgIpc) is 3.41. The van der Waals surface area contributed by atoms with Crippen molar-refractivity contribution in [3.05, 3.63) is 125 Å². The van der Waals surface area contributed by atoms with Crippen LogP contribution in [0.25, 0.3) is 0 Å². The van der Waals surface area contributed by atoms with Gasteiger partial charge in [0, 0.05) is 40.9 Å². The van der Waals surface area contributed by atoms with Crippen LogP contribution in [-0.4, -0.2) is 50.6 Å². The van der Waals surface area contributed by atoms with Crippen LogP contribution in [0.4, 0.5) is 5.69 Å². The molecule has 0 aliphatic carbocycles. The van der Waals surface area contributed by atoms with E-state index in [0.717, 1.165) is 58.5 Å². The molecule has 3 heterocycles. The third-order valence-electron chi connectivity index (χ3n) is 6.03. The van der Waals surface area contributed by atoms with Crippen molar-refractivity contribution in [2.45, 2.75) is 32.7 Å². The van der Waals surface area contributed by atoms with Crippen LogP contribution in [-0.2, 0) is 6.42 Å². The second-order valence-corrected chi connectivity index (χ2v) is 12.0. The number of hydrogen-bond acceptors (Lipinski definition) is 7. The predicted molar refractivity (Wildman–Crippen MR) is 184 cm³/mol. The molecule has 1 aromatic carbocycles. The molecule has 1 aromatic heterocycles. The minimum absolute atomic E-state index is 0.0912. The third kappa shape index (κ3) is 11.0. The zero-order valence-corrected chi connectivity index (χ0v) is 26.4. The number of rotatable bonds is 11. The second-order valence-electron chi connectivity index (χ2n) is 9.22. The molecule has 1 unspecified atom stereocenters. The van der Waals surface area contributed by atoms with Crippen LogP contribution in [0.15, 0.2) is 124 Å². The monoisotopic (exact) mass is 617 g/mol. The summed E-state index contributed by atoms with van der Waals surface area (Å²) < 4.78 is 0.707. The largest absolute Gasteiger partial charge is 0.322 e. The first kappa shape index (κ1) is 33.0. The molecule has 1 amide bonds. The minimum atomic E-state index is -0.0912. The van der Waals surface area contributed by atoms with E-state index in [2.05, 4.69) is 41.1 Å². The molecular weight excluding hydrogens is 582 g/mol. The number of hydrogen-bond donors (Lipinski definition) is 1. The van der Waals surface area contributed by atoms with Crippen molar-refractivity contribution in [1.82, 2.24) is 9.99 Å². The Labute approximate surface area is 262 Å². The smallest absolute Gasteiger partial charge is 0.255 e. The van der Waals surface area contributed by atoms with Gasteiger partial charge < -0.3 is 5.32 Å². The lowest BCUT2D eigenvalue weighted by Gasteiger charge is -2.28.